The number of hydrogen-bond donors (Lipinski definition) is 1. The van der Waals surface area contributed by atoms with Gasteiger partial charge in [-0.25, -0.2) is 4.79 Å². The smallest absolute Gasteiger partial charge is 0.376 e. The normalized spacial score (nSPS) is 12.9. The van der Waals surface area contributed by atoms with E-state index >= 15 is 0 Å². The molecule has 0 aromatic carbocycles. The van der Waals surface area contributed by atoms with E-state index in [-0.39, 0.29) is 18.0 Å². The number of hydrogen-bond acceptors (Lipinski definition) is 7. The van der Waals surface area contributed by atoms with Gasteiger partial charge in [-0.2, -0.15) is 0 Å². The van der Waals surface area contributed by atoms with Gasteiger partial charge in [0.1, 0.15) is 11.5 Å². The zero-order valence-electron chi connectivity index (χ0n) is 11.4. The lowest BCUT2D eigenvalue weighted by Gasteiger charge is -2.22. The van der Waals surface area contributed by atoms with Crippen LogP contribution in [-0.4, -0.2) is 36.4 Å². The Hall–Kier alpha value is -1.89. The standard InChI is InChI=1S/C12H18N2O5/c1-12(2,3)18-10(15)7(6-13)8-5-9(19-14-8)11(16)17-4/h5,7H,6,13H2,1-4H3. The molecule has 0 saturated carbocycles. The molecule has 1 aromatic rings. The van der Waals surface area contributed by atoms with Gasteiger partial charge < -0.3 is 19.7 Å². The third-order valence-electron chi connectivity index (χ3n) is 2.20. The lowest BCUT2D eigenvalue weighted by molar-refractivity contribution is -0.156. The molecule has 1 aromatic heterocycles. The van der Waals surface area contributed by atoms with Crippen molar-refractivity contribution in [2.75, 3.05) is 13.7 Å². The monoisotopic (exact) mass is 270 g/mol. The fourth-order valence-electron chi connectivity index (χ4n) is 1.36. The molecule has 19 heavy (non-hydrogen) atoms. The minimum Gasteiger partial charge on any atom is -0.463 e. The lowest BCUT2D eigenvalue weighted by atomic mass is 10.1. The predicted molar refractivity (Wildman–Crippen MR) is 65.5 cm³/mol. The summed E-state index contributed by atoms with van der Waals surface area (Å²) in [5, 5.41) is 3.65. The first-order valence-electron chi connectivity index (χ1n) is 5.76. The van der Waals surface area contributed by atoms with Gasteiger partial charge in [-0.1, -0.05) is 5.16 Å². The van der Waals surface area contributed by atoms with Crippen LogP contribution in [0.15, 0.2) is 10.6 Å². The van der Waals surface area contributed by atoms with E-state index in [2.05, 4.69) is 9.89 Å². The first-order chi connectivity index (χ1) is 8.78. The third-order valence-corrected chi connectivity index (χ3v) is 2.20. The van der Waals surface area contributed by atoms with Crippen molar-refractivity contribution in [2.45, 2.75) is 32.3 Å². The predicted octanol–water partition coefficient (Wildman–Crippen LogP) is 0.845. The average molecular weight is 270 g/mol. The maximum Gasteiger partial charge on any atom is 0.376 e. The van der Waals surface area contributed by atoms with Crippen LogP contribution in [0.4, 0.5) is 0 Å². The van der Waals surface area contributed by atoms with Crippen molar-refractivity contribution in [2.24, 2.45) is 5.73 Å². The number of carbonyl (C=O) groups excluding carboxylic acids is 2. The van der Waals surface area contributed by atoms with Crippen molar-refractivity contribution < 1.29 is 23.6 Å². The Morgan fingerprint density at radius 3 is 2.58 bits per heavy atom. The van der Waals surface area contributed by atoms with Crippen molar-refractivity contribution in [1.29, 1.82) is 0 Å². The molecule has 7 nitrogen and oxygen atoms in total. The maximum atomic E-state index is 11.9. The van der Waals surface area contributed by atoms with E-state index in [0.717, 1.165) is 0 Å². The number of esters is 2. The van der Waals surface area contributed by atoms with Gasteiger partial charge in [0.25, 0.3) is 0 Å². The number of methoxy groups -OCH3 is 1. The van der Waals surface area contributed by atoms with E-state index in [1.165, 1.54) is 13.2 Å². The summed E-state index contributed by atoms with van der Waals surface area (Å²) < 4.78 is 14.5. The Balaban J connectivity index is 2.88. The molecule has 2 N–H and O–H groups in total. The van der Waals surface area contributed by atoms with Crippen molar-refractivity contribution >= 4 is 11.9 Å². The fraction of sp³-hybridized carbons (Fsp3) is 0.583. The average Bonchev–Trinajstić information content (AvgIpc) is 2.76. The summed E-state index contributed by atoms with van der Waals surface area (Å²) in [7, 11) is 1.22. The number of nitrogens with zero attached hydrogens (tertiary/aromatic N) is 1. The molecule has 0 saturated heterocycles. The lowest BCUT2D eigenvalue weighted by Crippen LogP contribution is -2.31. The van der Waals surface area contributed by atoms with Crippen LogP contribution >= 0.6 is 0 Å². The van der Waals surface area contributed by atoms with Gasteiger partial charge in [0.2, 0.25) is 5.76 Å². The highest BCUT2D eigenvalue weighted by atomic mass is 16.6. The highest BCUT2D eigenvalue weighted by molar-refractivity contribution is 5.87. The van der Waals surface area contributed by atoms with E-state index < -0.39 is 23.5 Å². The van der Waals surface area contributed by atoms with Gasteiger partial charge in [-0.3, -0.25) is 4.79 Å². The highest BCUT2D eigenvalue weighted by Gasteiger charge is 2.29. The number of aromatic nitrogens is 1. The highest BCUT2D eigenvalue weighted by Crippen LogP contribution is 2.20. The first-order valence-corrected chi connectivity index (χ1v) is 5.76. The second-order valence-corrected chi connectivity index (χ2v) is 4.93. The van der Waals surface area contributed by atoms with Gasteiger partial charge in [-0.15, -0.1) is 0 Å². The van der Waals surface area contributed by atoms with E-state index in [4.69, 9.17) is 15.0 Å². The summed E-state index contributed by atoms with van der Waals surface area (Å²) in [4.78, 5) is 23.2. The molecule has 0 aliphatic heterocycles. The van der Waals surface area contributed by atoms with Gasteiger partial charge >= 0.3 is 11.9 Å². The number of ether oxygens (including phenoxy) is 2. The summed E-state index contributed by atoms with van der Waals surface area (Å²) in [6, 6.07) is 1.33. The zero-order chi connectivity index (χ0) is 14.6. The van der Waals surface area contributed by atoms with Crippen molar-refractivity contribution in [3.63, 3.8) is 0 Å². The molecule has 0 bridgehead atoms. The van der Waals surface area contributed by atoms with Crippen LogP contribution < -0.4 is 5.73 Å². The first kappa shape index (κ1) is 15.2. The molecule has 1 unspecified atom stereocenters. The SMILES string of the molecule is COC(=O)c1cc(C(CN)C(=O)OC(C)(C)C)no1. The van der Waals surface area contributed by atoms with Crippen LogP contribution in [0.2, 0.25) is 0 Å². The van der Waals surface area contributed by atoms with Crippen LogP contribution in [0, 0.1) is 0 Å². The van der Waals surface area contributed by atoms with Gasteiger partial charge in [0, 0.05) is 12.6 Å². The molecular formula is C12H18N2O5. The van der Waals surface area contributed by atoms with E-state index in [9.17, 15) is 9.59 Å². The Labute approximate surface area is 111 Å². The van der Waals surface area contributed by atoms with Crippen molar-refractivity contribution in [3.05, 3.63) is 17.5 Å². The number of nitrogens with two attached hydrogens (primary N) is 1. The summed E-state index contributed by atoms with van der Waals surface area (Å²) in [6.45, 7) is 5.26. The molecule has 0 spiro atoms. The van der Waals surface area contributed by atoms with Crippen molar-refractivity contribution in [3.8, 4) is 0 Å². The van der Waals surface area contributed by atoms with E-state index in [1.54, 1.807) is 20.8 Å². The summed E-state index contributed by atoms with van der Waals surface area (Å²) in [5.74, 6) is -2.04. The molecule has 0 aliphatic carbocycles. The molecule has 106 valence electrons. The molecular weight excluding hydrogens is 252 g/mol. The molecule has 0 radical (unpaired) electrons. The van der Waals surface area contributed by atoms with Crippen molar-refractivity contribution in [1.82, 2.24) is 5.16 Å². The van der Waals surface area contributed by atoms with Crippen LogP contribution in [-0.2, 0) is 14.3 Å². The maximum absolute atomic E-state index is 11.9. The summed E-state index contributed by atoms with van der Waals surface area (Å²) in [5.41, 5.74) is 5.17. The van der Waals surface area contributed by atoms with Crippen LogP contribution in [0.25, 0.3) is 0 Å². The number of carbonyl (C=O) groups is 2. The van der Waals surface area contributed by atoms with Crippen LogP contribution in [0.5, 0.6) is 0 Å². The van der Waals surface area contributed by atoms with Gasteiger partial charge in [0.05, 0.1) is 12.8 Å². The quantitative estimate of drug-likeness (QED) is 0.808. The zero-order valence-corrected chi connectivity index (χ0v) is 11.4. The second-order valence-electron chi connectivity index (χ2n) is 4.93. The molecule has 1 rings (SSSR count). The molecule has 0 aliphatic rings. The summed E-state index contributed by atoms with van der Waals surface area (Å²) >= 11 is 0. The molecule has 1 heterocycles. The van der Waals surface area contributed by atoms with Crippen LogP contribution in [0.1, 0.15) is 42.9 Å². The number of rotatable bonds is 4. The minimum atomic E-state index is -0.776. The molecule has 0 fully saturated rings. The van der Waals surface area contributed by atoms with Gasteiger partial charge in [0.15, 0.2) is 0 Å². The van der Waals surface area contributed by atoms with E-state index in [0.29, 0.717) is 0 Å². The fourth-order valence-corrected chi connectivity index (χ4v) is 1.36. The third kappa shape index (κ3) is 4.06. The topological polar surface area (TPSA) is 105 Å². The van der Waals surface area contributed by atoms with E-state index in [1.807, 2.05) is 0 Å². The minimum absolute atomic E-state index is 0.00204. The Kier molecular flexibility index (Phi) is 4.66. The second kappa shape index (κ2) is 5.83. The Morgan fingerprint density at radius 1 is 1.47 bits per heavy atom. The van der Waals surface area contributed by atoms with Gasteiger partial charge in [-0.05, 0) is 20.8 Å². The summed E-state index contributed by atoms with van der Waals surface area (Å²) in [6.07, 6.45) is 0. The molecule has 1 atom stereocenters. The molecule has 0 amide bonds. The largest absolute Gasteiger partial charge is 0.463 e. The Morgan fingerprint density at radius 2 is 2.11 bits per heavy atom. The molecule has 7 heteroatoms. The Bertz CT molecular complexity index is 461. The van der Waals surface area contributed by atoms with Crippen LogP contribution in [0.3, 0.4) is 0 Å².